The quantitative estimate of drug-likeness (QED) is 0.809. The monoisotopic (exact) mass is 362 g/mol. The van der Waals surface area contributed by atoms with E-state index in [0.29, 0.717) is 11.5 Å². The molecule has 2 rings (SSSR count). The maximum Gasteiger partial charge on any atom is 0.245 e. The molecule has 1 aromatic carbocycles. The molecule has 0 bridgehead atoms. The largest absolute Gasteiger partial charge is 0.493 e. The van der Waals surface area contributed by atoms with E-state index in [1.165, 1.54) is 6.42 Å². The molecule has 26 heavy (non-hydrogen) atoms. The third-order valence-electron chi connectivity index (χ3n) is 4.73. The average molecular weight is 362 g/mol. The van der Waals surface area contributed by atoms with Gasteiger partial charge in [0.2, 0.25) is 11.8 Å². The van der Waals surface area contributed by atoms with Gasteiger partial charge in [-0.15, -0.1) is 0 Å². The number of piperidine rings is 1. The number of likely N-dealkylation sites (tertiary alicyclic amines) is 1. The van der Waals surface area contributed by atoms with E-state index in [9.17, 15) is 9.59 Å². The molecule has 0 saturated carbocycles. The molecule has 0 unspecified atom stereocenters. The third kappa shape index (κ3) is 5.13. The molecule has 0 aromatic heterocycles. The fraction of sp³-hybridized carbons (Fsp3) is 0.600. The van der Waals surface area contributed by atoms with Crippen LogP contribution in [0.25, 0.3) is 0 Å². The number of methoxy groups -OCH3 is 2. The lowest BCUT2D eigenvalue weighted by atomic mass is 10.0. The summed E-state index contributed by atoms with van der Waals surface area (Å²) in [6.45, 7) is 5.49. The Morgan fingerprint density at radius 1 is 1.08 bits per heavy atom. The van der Waals surface area contributed by atoms with Gasteiger partial charge in [0.15, 0.2) is 11.5 Å². The summed E-state index contributed by atoms with van der Waals surface area (Å²) in [5, 5.41) is 2.93. The summed E-state index contributed by atoms with van der Waals surface area (Å²) >= 11 is 0. The summed E-state index contributed by atoms with van der Waals surface area (Å²) in [7, 11) is 3.14. The van der Waals surface area contributed by atoms with E-state index in [2.05, 4.69) is 5.32 Å². The van der Waals surface area contributed by atoms with Gasteiger partial charge in [-0.1, -0.05) is 19.9 Å². The Hall–Kier alpha value is -2.24. The van der Waals surface area contributed by atoms with E-state index in [-0.39, 0.29) is 24.2 Å². The van der Waals surface area contributed by atoms with Crippen LogP contribution in [0, 0.1) is 5.92 Å². The number of carbonyl (C=O) groups is 2. The Morgan fingerprint density at radius 2 is 1.73 bits per heavy atom. The van der Waals surface area contributed by atoms with Crippen LogP contribution in [0.4, 0.5) is 0 Å². The zero-order chi connectivity index (χ0) is 19.1. The topological polar surface area (TPSA) is 67.9 Å². The van der Waals surface area contributed by atoms with Crippen molar-refractivity contribution >= 4 is 11.8 Å². The third-order valence-corrected chi connectivity index (χ3v) is 4.73. The SMILES string of the molecule is COc1ccc(CC(=O)N[C@H](C(=O)N2CCCCC2)C(C)C)cc1OC. The number of nitrogens with zero attached hydrogens (tertiary/aromatic N) is 1. The van der Waals surface area contributed by atoms with E-state index in [0.717, 1.165) is 31.5 Å². The van der Waals surface area contributed by atoms with Crippen molar-refractivity contribution in [2.75, 3.05) is 27.3 Å². The smallest absolute Gasteiger partial charge is 0.245 e. The second kappa shape index (κ2) is 9.46. The highest BCUT2D eigenvalue weighted by atomic mass is 16.5. The van der Waals surface area contributed by atoms with Gasteiger partial charge in [-0.2, -0.15) is 0 Å². The van der Waals surface area contributed by atoms with E-state index in [4.69, 9.17) is 9.47 Å². The summed E-state index contributed by atoms with van der Waals surface area (Å²) < 4.78 is 10.5. The fourth-order valence-electron chi connectivity index (χ4n) is 3.23. The van der Waals surface area contributed by atoms with Gasteiger partial charge < -0.3 is 19.7 Å². The number of hydrogen-bond donors (Lipinski definition) is 1. The van der Waals surface area contributed by atoms with E-state index < -0.39 is 6.04 Å². The zero-order valence-corrected chi connectivity index (χ0v) is 16.2. The number of hydrogen-bond acceptors (Lipinski definition) is 4. The number of benzene rings is 1. The minimum atomic E-state index is -0.485. The fourth-order valence-corrected chi connectivity index (χ4v) is 3.23. The normalized spacial score (nSPS) is 15.5. The first-order chi connectivity index (χ1) is 12.5. The summed E-state index contributed by atoms with van der Waals surface area (Å²) in [6.07, 6.45) is 3.44. The summed E-state index contributed by atoms with van der Waals surface area (Å²) in [5.74, 6) is 1.11. The lowest BCUT2D eigenvalue weighted by Gasteiger charge is -2.32. The maximum absolute atomic E-state index is 12.8. The highest BCUT2D eigenvalue weighted by Crippen LogP contribution is 2.27. The van der Waals surface area contributed by atoms with E-state index >= 15 is 0 Å². The molecule has 1 N–H and O–H groups in total. The number of amides is 2. The summed E-state index contributed by atoms with van der Waals surface area (Å²) in [6, 6.07) is 4.91. The number of carbonyl (C=O) groups excluding carboxylic acids is 2. The molecule has 0 aliphatic carbocycles. The highest BCUT2D eigenvalue weighted by Gasteiger charge is 2.29. The Balaban J connectivity index is 2.02. The van der Waals surface area contributed by atoms with Crippen molar-refractivity contribution in [2.24, 2.45) is 5.92 Å². The molecule has 2 amide bonds. The zero-order valence-electron chi connectivity index (χ0n) is 16.2. The van der Waals surface area contributed by atoms with Gasteiger partial charge in [0.1, 0.15) is 6.04 Å². The second-order valence-electron chi connectivity index (χ2n) is 7.04. The molecule has 0 radical (unpaired) electrons. The number of ether oxygens (including phenoxy) is 2. The molecule has 1 heterocycles. The van der Waals surface area contributed by atoms with Crippen molar-refractivity contribution in [1.82, 2.24) is 10.2 Å². The van der Waals surface area contributed by atoms with Crippen LogP contribution in [-0.2, 0) is 16.0 Å². The van der Waals surface area contributed by atoms with Crippen LogP contribution in [0.15, 0.2) is 18.2 Å². The van der Waals surface area contributed by atoms with Crippen LogP contribution in [-0.4, -0.2) is 50.1 Å². The van der Waals surface area contributed by atoms with Crippen LogP contribution in [0.3, 0.4) is 0 Å². The Bertz CT molecular complexity index is 624. The molecule has 6 heteroatoms. The molecular weight excluding hydrogens is 332 g/mol. The van der Waals surface area contributed by atoms with E-state index in [1.54, 1.807) is 26.4 Å². The summed E-state index contributed by atoms with van der Waals surface area (Å²) in [5.41, 5.74) is 0.813. The first kappa shape index (κ1) is 20.1. The van der Waals surface area contributed by atoms with Crippen LogP contribution in [0.5, 0.6) is 11.5 Å². The van der Waals surface area contributed by atoms with Crippen molar-refractivity contribution in [1.29, 1.82) is 0 Å². The Labute approximate surface area is 155 Å². The maximum atomic E-state index is 12.8. The van der Waals surface area contributed by atoms with Crippen molar-refractivity contribution < 1.29 is 19.1 Å². The predicted octanol–water partition coefficient (Wildman–Crippen LogP) is 2.40. The van der Waals surface area contributed by atoms with Crippen molar-refractivity contribution in [3.05, 3.63) is 23.8 Å². The number of nitrogens with one attached hydrogen (secondary N) is 1. The molecule has 1 aliphatic rings. The molecular formula is C20H30N2O4. The lowest BCUT2D eigenvalue weighted by molar-refractivity contribution is -0.138. The standard InChI is InChI=1S/C20H30N2O4/c1-14(2)19(20(24)22-10-6-5-7-11-22)21-18(23)13-15-8-9-16(25-3)17(12-15)26-4/h8-9,12,14,19H,5-7,10-11,13H2,1-4H3,(H,21,23)/t19-/m0/s1. The van der Waals surface area contributed by atoms with Gasteiger partial charge >= 0.3 is 0 Å². The minimum absolute atomic E-state index is 0.0281. The molecule has 1 atom stereocenters. The van der Waals surface area contributed by atoms with Gasteiger partial charge in [0.05, 0.1) is 20.6 Å². The molecule has 1 aliphatic heterocycles. The van der Waals surface area contributed by atoms with Crippen LogP contribution >= 0.6 is 0 Å². The predicted molar refractivity (Wildman–Crippen MR) is 100 cm³/mol. The van der Waals surface area contributed by atoms with Crippen molar-refractivity contribution in [2.45, 2.75) is 45.6 Å². The average Bonchev–Trinajstić information content (AvgIpc) is 2.65. The molecule has 1 saturated heterocycles. The molecule has 0 spiro atoms. The van der Waals surface area contributed by atoms with Crippen LogP contribution in [0.1, 0.15) is 38.7 Å². The van der Waals surface area contributed by atoms with Crippen LogP contribution in [0.2, 0.25) is 0 Å². The Morgan fingerprint density at radius 3 is 2.31 bits per heavy atom. The van der Waals surface area contributed by atoms with Crippen molar-refractivity contribution in [3.63, 3.8) is 0 Å². The lowest BCUT2D eigenvalue weighted by Crippen LogP contribution is -2.52. The van der Waals surface area contributed by atoms with Gasteiger partial charge in [-0.25, -0.2) is 0 Å². The molecule has 6 nitrogen and oxygen atoms in total. The number of rotatable bonds is 7. The van der Waals surface area contributed by atoms with Gasteiger partial charge in [-0.3, -0.25) is 9.59 Å². The van der Waals surface area contributed by atoms with Gasteiger partial charge in [-0.05, 0) is 42.9 Å². The van der Waals surface area contributed by atoms with Crippen molar-refractivity contribution in [3.8, 4) is 11.5 Å². The highest BCUT2D eigenvalue weighted by molar-refractivity contribution is 5.88. The Kier molecular flexibility index (Phi) is 7.30. The van der Waals surface area contributed by atoms with Gasteiger partial charge in [0, 0.05) is 13.1 Å². The molecule has 1 aromatic rings. The first-order valence-corrected chi connectivity index (χ1v) is 9.25. The van der Waals surface area contributed by atoms with E-state index in [1.807, 2.05) is 24.8 Å². The van der Waals surface area contributed by atoms with Gasteiger partial charge in [0.25, 0.3) is 0 Å². The summed E-state index contributed by atoms with van der Waals surface area (Å²) in [4.78, 5) is 27.2. The van der Waals surface area contributed by atoms with Crippen LogP contribution < -0.4 is 14.8 Å². The first-order valence-electron chi connectivity index (χ1n) is 9.25. The molecule has 1 fully saturated rings. The molecule has 144 valence electrons. The second-order valence-corrected chi connectivity index (χ2v) is 7.04. The minimum Gasteiger partial charge on any atom is -0.493 e.